The number of amides is 2. The van der Waals surface area contributed by atoms with E-state index in [4.69, 9.17) is 5.11 Å². The predicted octanol–water partition coefficient (Wildman–Crippen LogP) is 1.95. The third-order valence-corrected chi connectivity index (χ3v) is 4.01. The van der Waals surface area contributed by atoms with Gasteiger partial charge in [0.2, 0.25) is 0 Å². The fourth-order valence-corrected chi connectivity index (χ4v) is 2.67. The number of benzene rings is 1. The van der Waals surface area contributed by atoms with Crippen LogP contribution >= 0.6 is 0 Å². The van der Waals surface area contributed by atoms with Gasteiger partial charge in [-0.2, -0.15) is 0 Å². The number of carbonyl (C=O) groups is 3. The maximum absolute atomic E-state index is 12.3. The summed E-state index contributed by atoms with van der Waals surface area (Å²) in [6, 6.07) is 6.39. The maximum Gasteiger partial charge on any atom is 0.305 e. The van der Waals surface area contributed by atoms with Gasteiger partial charge in [-0.1, -0.05) is 0 Å². The number of nitrogens with one attached hydrogen (secondary N) is 2. The van der Waals surface area contributed by atoms with Crippen LogP contribution in [-0.4, -0.2) is 34.5 Å². The standard InChI is InChI=1S/C17H22N2O4/c1-11(2)18-15(22)12-4-6-13(7-5-12)16(23)19-17(8-3-9-17)10-14(20)21/h4-7,11H,3,8-10H2,1-2H3,(H,18,22)(H,19,23)(H,20,21). The first-order valence-corrected chi connectivity index (χ1v) is 7.76. The number of hydrogen-bond donors (Lipinski definition) is 3. The molecule has 2 rings (SSSR count). The minimum Gasteiger partial charge on any atom is -0.481 e. The second-order valence-corrected chi connectivity index (χ2v) is 6.36. The van der Waals surface area contributed by atoms with Crippen molar-refractivity contribution in [2.75, 3.05) is 0 Å². The predicted molar refractivity (Wildman–Crippen MR) is 85.3 cm³/mol. The zero-order chi connectivity index (χ0) is 17.0. The van der Waals surface area contributed by atoms with Gasteiger partial charge < -0.3 is 15.7 Å². The first-order chi connectivity index (χ1) is 10.8. The Balaban J connectivity index is 2.03. The number of hydrogen-bond acceptors (Lipinski definition) is 3. The second kappa shape index (κ2) is 6.81. The third-order valence-electron chi connectivity index (χ3n) is 4.01. The molecule has 124 valence electrons. The average Bonchev–Trinajstić information content (AvgIpc) is 2.43. The summed E-state index contributed by atoms with van der Waals surface area (Å²) in [5.74, 6) is -1.40. The SMILES string of the molecule is CC(C)NC(=O)c1ccc(C(=O)NC2(CC(=O)O)CCC2)cc1. The Morgan fingerprint density at radius 2 is 1.61 bits per heavy atom. The van der Waals surface area contributed by atoms with E-state index < -0.39 is 11.5 Å². The Morgan fingerprint density at radius 3 is 2.00 bits per heavy atom. The number of rotatable bonds is 6. The summed E-state index contributed by atoms with van der Waals surface area (Å²) in [4.78, 5) is 35.1. The van der Waals surface area contributed by atoms with Gasteiger partial charge in [0.05, 0.1) is 12.0 Å². The van der Waals surface area contributed by atoms with E-state index in [1.807, 2.05) is 13.8 Å². The Kier molecular flexibility index (Phi) is 5.03. The number of carboxylic acids is 1. The molecular formula is C17H22N2O4. The summed E-state index contributed by atoms with van der Waals surface area (Å²) in [7, 11) is 0. The quantitative estimate of drug-likeness (QED) is 0.747. The number of aliphatic carboxylic acids is 1. The van der Waals surface area contributed by atoms with Crippen molar-refractivity contribution in [2.24, 2.45) is 0 Å². The minimum atomic E-state index is -0.911. The topological polar surface area (TPSA) is 95.5 Å². The van der Waals surface area contributed by atoms with Gasteiger partial charge in [0.15, 0.2) is 0 Å². The molecule has 23 heavy (non-hydrogen) atoms. The van der Waals surface area contributed by atoms with Crippen molar-refractivity contribution in [3.05, 3.63) is 35.4 Å². The highest BCUT2D eigenvalue weighted by molar-refractivity contribution is 5.98. The summed E-state index contributed by atoms with van der Waals surface area (Å²) < 4.78 is 0. The highest BCUT2D eigenvalue weighted by Gasteiger charge is 2.40. The van der Waals surface area contributed by atoms with Crippen LogP contribution in [0.25, 0.3) is 0 Å². The van der Waals surface area contributed by atoms with Gasteiger partial charge in [-0.25, -0.2) is 0 Å². The summed E-state index contributed by atoms with van der Waals surface area (Å²) in [6.07, 6.45) is 2.22. The van der Waals surface area contributed by atoms with Gasteiger partial charge in [-0.15, -0.1) is 0 Å². The number of carboxylic acid groups (broad SMARTS) is 1. The maximum atomic E-state index is 12.3. The third kappa shape index (κ3) is 4.31. The van der Waals surface area contributed by atoms with Crippen LogP contribution in [0.2, 0.25) is 0 Å². The summed E-state index contributed by atoms with van der Waals surface area (Å²) in [5.41, 5.74) is 0.276. The van der Waals surface area contributed by atoms with Crippen LogP contribution in [0, 0.1) is 0 Å². The molecule has 0 saturated heterocycles. The molecule has 0 radical (unpaired) electrons. The lowest BCUT2D eigenvalue weighted by atomic mass is 9.74. The van der Waals surface area contributed by atoms with Crippen LogP contribution in [0.3, 0.4) is 0 Å². The first kappa shape index (κ1) is 17.0. The normalized spacial score (nSPS) is 15.6. The van der Waals surface area contributed by atoms with Crippen molar-refractivity contribution in [2.45, 2.75) is 51.1 Å². The molecule has 1 aliphatic rings. The van der Waals surface area contributed by atoms with Crippen molar-refractivity contribution in [1.29, 1.82) is 0 Å². The molecule has 0 unspecified atom stereocenters. The molecule has 2 amide bonds. The van der Waals surface area contributed by atoms with E-state index in [2.05, 4.69) is 10.6 Å². The molecular weight excluding hydrogens is 296 g/mol. The summed E-state index contributed by atoms with van der Waals surface area (Å²) in [5, 5.41) is 14.6. The zero-order valence-electron chi connectivity index (χ0n) is 13.4. The lowest BCUT2D eigenvalue weighted by Crippen LogP contribution is -2.54. The molecule has 0 spiro atoms. The Morgan fingerprint density at radius 1 is 1.09 bits per heavy atom. The van der Waals surface area contributed by atoms with Crippen LogP contribution in [0.15, 0.2) is 24.3 Å². The molecule has 0 bridgehead atoms. The Labute approximate surface area is 135 Å². The molecule has 1 aliphatic carbocycles. The average molecular weight is 318 g/mol. The van der Waals surface area contributed by atoms with Gasteiger partial charge in [0, 0.05) is 17.2 Å². The molecule has 0 aromatic heterocycles. The van der Waals surface area contributed by atoms with Gasteiger partial charge in [0.25, 0.3) is 11.8 Å². The molecule has 1 aromatic carbocycles. The fraction of sp³-hybridized carbons (Fsp3) is 0.471. The number of carbonyl (C=O) groups excluding carboxylic acids is 2. The van der Waals surface area contributed by atoms with E-state index in [1.54, 1.807) is 24.3 Å². The zero-order valence-corrected chi connectivity index (χ0v) is 13.4. The van der Waals surface area contributed by atoms with Gasteiger partial charge in [0.1, 0.15) is 0 Å². The molecule has 1 saturated carbocycles. The lowest BCUT2D eigenvalue weighted by molar-refractivity contribution is -0.139. The van der Waals surface area contributed by atoms with E-state index in [1.165, 1.54) is 0 Å². The van der Waals surface area contributed by atoms with Crippen LogP contribution in [-0.2, 0) is 4.79 Å². The van der Waals surface area contributed by atoms with Crippen LogP contribution < -0.4 is 10.6 Å². The van der Waals surface area contributed by atoms with E-state index >= 15 is 0 Å². The molecule has 3 N–H and O–H groups in total. The highest BCUT2D eigenvalue weighted by atomic mass is 16.4. The Bertz CT molecular complexity index is 604. The molecule has 0 atom stereocenters. The van der Waals surface area contributed by atoms with Crippen molar-refractivity contribution in [3.8, 4) is 0 Å². The van der Waals surface area contributed by atoms with Gasteiger partial charge in [-0.3, -0.25) is 14.4 Å². The van der Waals surface area contributed by atoms with Crippen molar-refractivity contribution in [3.63, 3.8) is 0 Å². The summed E-state index contributed by atoms with van der Waals surface area (Å²) in [6.45, 7) is 3.75. The van der Waals surface area contributed by atoms with Gasteiger partial charge in [-0.05, 0) is 57.4 Å². The Hall–Kier alpha value is -2.37. The van der Waals surface area contributed by atoms with Crippen molar-refractivity contribution >= 4 is 17.8 Å². The minimum absolute atomic E-state index is 0.0416. The van der Waals surface area contributed by atoms with Crippen LogP contribution in [0.1, 0.15) is 60.2 Å². The largest absolute Gasteiger partial charge is 0.481 e. The molecule has 1 fully saturated rings. The van der Waals surface area contributed by atoms with Crippen LogP contribution in [0.5, 0.6) is 0 Å². The smallest absolute Gasteiger partial charge is 0.305 e. The van der Waals surface area contributed by atoms with E-state index in [0.29, 0.717) is 24.0 Å². The van der Waals surface area contributed by atoms with Gasteiger partial charge >= 0.3 is 5.97 Å². The van der Waals surface area contributed by atoms with Crippen molar-refractivity contribution < 1.29 is 19.5 Å². The molecule has 6 heteroatoms. The molecule has 1 aromatic rings. The van der Waals surface area contributed by atoms with Crippen LogP contribution in [0.4, 0.5) is 0 Å². The molecule has 6 nitrogen and oxygen atoms in total. The monoisotopic (exact) mass is 318 g/mol. The fourth-order valence-electron chi connectivity index (χ4n) is 2.67. The van der Waals surface area contributed by atoms with E-state index in [9.17, 15) is 14.4 Å². The first-order valence-electron chi connectivity index (χ1n) is 7.76. The lowest BCUT2D eigenvalue weighted by Gasteiger charge is -2.41. The van der Waals surface area contributed by atoms with Crippen molar-refractivity contribution in [1.82, 2.24) is 10.6 Å². The summed E-state index contributed by atoms with van der Waals surface area (Å²) >= 11 is 0. The van der Waals surface area contributed by atoms with E-state index in [-0.39, 0.29) is 24.3 Å². The molecule has 0 aliphatic heterocycles. The highest BCUT2D eigenvalue weighted by Crippen LogP contribution is 2.35. The molecule has 0 heterocycles. The van der Waals surface area contributed by atoms with E-state index in [0.717, 1.165) is 6.42 Å². The second-order valence-electron chi connectivity index (χ2n) is 6.36.